The number of ether oxygens (including phenoxy) is 1. The Morgan fingerprint density at radius 2 is 1.06 bits per heavy atom. The lowest BCUT2D eigenvalue weighted by Crippen LogP contribution is -2.23. The normalized spacial score (nSPS) is 11.5. The van der Waals surface area contributed by atoms with Crippen LogP contribution in [0.1, 0.15) is 111 Å². The molecule has 31 heavy (non-hydrogen) atoms. The Morgan fingerprint density at radius 1 is 0.710 bits per heavy atom. The summed E-state index contributed by atoms with van der Waals surface area (Å²) in [4.78, 5) is 28.2. The summed E-state index contributed by atoms with van der Waals surface area (Å²) in [7, 11) is 0. The quantitative estimate of drug-likeness (QED) is 0.255. The molecule has 178 valence electrons. The van der Waals surface area contributed by atoms with Crippen molar-refractivity contribution in [3.63, 3.8) is 0 Å². The van der Waals surface area contributed by atoms with E-state index in [4.69, 9.17) is 9.57 Å². The van der Waals surface area contributed by atoms with Crippen LogP contribution in [0.2, 0.25) is 0 Å². The van der Waals surface area contributed by atoms with Crippen LogP contribution in [0.5, 0.6) is 11.8 Å². The fourth-order valence-corrected chi connectivity index (χ4v) is 3.34. The smallest absolute Gasteiger partial charge is 0.333 e. The van der Waals surface area contributed by atoms with Crippen LogP contribution in [0, 0.1) is 0 Å². The monoisotopic (exact) mass is 439 g/mol. The lowest BCUT2D eigenvalue weighted by molar-refractivity contribution is -0.155. The van der Waals surface area contributed by atoms with E-state index in [0.717, 1.165) is 36.8 Å². The van der Waals surface area contributed by atoms with Crippen LogP contribution in [0.15, 0.2) is 12.1 Å². The van der Waals surface area contributed by atoms with E-state index in [1.54, 1.807) is 0 Å². The Morgan fingerprint density at radius 3 is 1.45 bits per heavy atom. The van der Waals surface area contributed by atoms with Crippen molar-refractivity contribution in [3.05, 3.63) is 12.1 Å². The second kappa shape index (κ2) is 14.8. The first kappa shape index (κ1) is 26.9. The number of esters is 1. The molecule has 0 bridgehead atoms. The van der Waals surface area contributed by atoms with Crippen LogP contribution in [-0.2, 0) is 14.3 Å². The molecule has 7 heteroatoms. The number of aromatic hydroxyl groups is 2. The van der Waals surface area contributed by atoms with Crippen molar-refractivity contribution in [2.75, 3.05) is 0 Å². The minimum Gasteiger partial charge on any atom is -0.492 e. The van der Waals surface area contributed by atoms with Gasteiger partial charge in [0.25, 0.3) is 0 Å². The molecule has 0 saturated carbocycles. The topological polar surface area (TPSA) is 98.0 Å². The first-order chi connectivity index (χ1) is 14.7. The molecule has 0 unspecified atom stereocenters. The number of unbranched alkanes of at least 4 members (excludes halogenated alkanes) is 11. The summed E-state index contributed by atoms with van der Waals surface area (Å²) < 4.78 is 6.03. The second-order valence-electron chi connectivity index (χ2n) is 9.14. The van der Waals surface area contributed by atoms with Crippen molar-refractivity contribution in [2.24, 2.45) is 0 Å². The molecule has 0 spiro atoms. The van der Waals surface area contributed by atoms with Gasteiger partial charge in [0.05, 0.1) is 0 Å². The second-order valence-corrected chi connectivity index (χ2v) is 9.14. The van der Waals surface area contributed by atoms with E-state index in [0.29, 0.717) is 6.42 Å². The molecule has 0 aromatic carbocycles. The lowest BCUT2D eigenvalue weighted by Gasteiger charge is -2.19. The third-order valence-corrected chi connectivity index (χ3v) is 4.92. The van der Waals surface area contributed by atoms with Crippen LogP contribution >= 0.6 is 0 Å². The molecule has 0 aliphatic carbocycles. The van der Waals surface area contributed by atoms with Crippen molar-refractivity contribution < 1.29 is 29.4 Å². The lowest BCUT2D eigenvalue weighted by atomic mass is 10.0. The van der Waals surface area contributed by atoms with Gasteiger partial charge in [-0.3, -0.25) is 4.79 Å². The van der Waals surface area contributed by atoms with Crippen molar-refractivity contribution in [1.82, 2.24) is 4.73 Å². The van der Waals surface area contributed by atoms with Gasteiger partial charge in [0.1, 0.15) is 5.60 Å². The van der Waals surface area contributed by atoms with Crippen LogP contribution in [0.4, 0.5) is 0 Å². The van der Waals surface area contributed by atoms with Gasteiger partial charge in [-0.1, -0.05) is 64.2 Å². The van der Waals surface area contributed by atoms with Gasteiger partial charge >= 0.3 is 11.9 Å². The maximum absolute atomic E-state index is 11.7. The van der Waals surface area contributed by atoms with Gasteiger partial charge in [0.2, 0.25) is 11.8 Å². The van der Waals surface area contributed by atoms with E-state index >= 15 is 0 Å². The fourth-order valence-electron chi connectivity index (χ4n) is 3.34. The molecule has 0 aliphatic rings. The van der Waals surface area contributed by atoms with Gasteiger partial charge in [-0.2, -0.15) is 0 Å². The molecule has 7 nitrogen and oxygen atoms in total. The molecule has 1 aromatic heterocycles. The van der Waals surface area contributed by atoms with E-state index in [1.807, 2.05) is 20.8 Å². The molecule has 0 atom stereocenters. The summed E-state index contributed by atoms with van der Waals surface area (Å²) >= 11 is 0. The third-order valence-electron chi connectivity index (χ3n) is 4.92. The Bertz CT molecular complexity index is 627. The van der Waals surface area contributed by atoms with Crippen molar-refractivity contribution in [1.29, 1.82) is 0 Å². The highest BCUT2D eigenvalue weighted by atomic mass is 16.7. The highest BCUT2D eigenvalue weighted by Crippen LogP contribution is 2.19. The summed E-state index contributed by atoms with van der Waals surface area (Å²) in [5, 5.41) is 18.9. The molecular weight excluding hydrogens is 398 g/mol. The largest absolute Gasteiger partial charge is 0.492 e. The fraction of sp³-hybridized carbons (Fsp3) is 0.750. The molecule has 1 heterocycles. The molecule has 2 N–H and O–H groups in total. The van der Waals surface area contributed by atoms with E-state index in [-0.39, 0.29) is 29.8 Å². The van der Waals surface area contributed by atoms with Crippen LogP contribution in [-0.4, -0.2) is 32.5 Å². The van der Waals surface area contributed by atoms with Gasteiger partial charge in [-0.25, -0.2) is 4.79 Å². The van der Waals surface area contributed by atoms with Crippen LogP contribution in [0.3, 0.4) is 0 Å². The summed E-state index contributed by atoms with van der Waals surface area (Å²) in [6, 6.07) is 2.52. The Hall–Kier alpha value is -2.18. The number of rotatable bonds is 16. The van der Waals surface area contributed by atoms with Gasteiger partial charge in [0, 0.05) is 25.0 Å². The molecule has 1 aromatic rings. The van der Waals surface area contributed by atoms with Crippen molar-refractivity contribution in [3.8, 4) is 11.8 Å². The van der Waals surface area contributed by atoms with Crippen LogP contribution < -0.4 is 4.84 Å². The van der Waals surface area contributed by atoms with E-state index < -0.39 is 5.97 Å². The molecular formula is C24H41NO6. The zero-order chi connectivity index (χ0) is 23.1. The molecule has 0 radical (unpaired) electrons. The summed E-state index contributed by atoms with van der Waals surface area (Å²) in [6.45, 7) is 5.69. The molecule has 0 saturated heterocycles. The van der Waals surface area contributed by atoms with Gasteiger partial charge < -0.3 is 19.8 Å². The predicted octanol–water partition coefficient (Wildman–Crippen LogP) is 5.66. The van der Waals surface area contributed by atoms with Crippen molar-refractivity contribution >= 4 is 11.9 Å². The molecule has 0 aliphatic heterocycles. The van der Waals surface area contributed by atoms with Crippen molar-refractivity contribution in [2.45, 2.75) is 116 Å². The Balaban J connectivity index is 1.84. The van der Waals surface area contributed by atoms with Gasteiger partial charge in [0.15, 0.2) is 0 Å². The average Bonchev–Trinajstić information content (AvgIpc) is 2.98. The first-order valence-corrected chi connectivity index (χ1v) is 11.7. The molecule has 0 fully saturated rings. The first-order valence-electron chi connectivity index (χ1n) is 11.7. The Labute approximate surface area is 186 Å². The number of carbonyl (C=O) groups excluding carboxylic acids is 2. The van der Waals surface area contributed by atoms with E-state index in [2.05, 4.69) is 0 Å². The zero-order valence-electron chi connectivity index (χ0n) is 19.5. The highest BCUT2D eigenvalue weighted by molar-refractivity contribution is 5.70. The van der Waals surface area contributed by atoms with Crippen LogP contribution in [0.25, 0.3) is 0 Å². The maximum Gasteiger partial charge on any atom is 0.333 e. The number of nitrogens with zero attached hydrogens (tertiary/aromatic N) is 1. The summed E-state index contributed by atoms with van der Waals surface area (Å²) in [5.41, 5.74) is -0.387. The highest BCUT2D eigenvalue weighted by Gasteiger charge is 2.15. The van der Waals surface area contributed by atoms with Gasteiger partial charge in [-0.15, -0.1) is 4.73 Å². The SMILES string of the molecule is CC(C)(C)OC(=O)CCCCCCCCCCCCCCC(=O)On1c(O)ccc1O. The minimum absolute atomic E-state index is 0.0936. The standard InChI is InChI=1S/C24H41NO6/c1-24(2,3)30-22(28)16-14-12-10-8-6-4-5-7-9-11-13-15-17-23(29)31-25-20(26)18-19-21(25)27/h18-19,26-27H,4-17H2,1-3H3. The summed E-state index contributed by atoms with van der Waals surface area (Å²) in [6.07, 6.45) is 14.1. The number of hydrogen-bond donors (Lipinski definition) is 2. The number of aromatic nitrogens is 1. The van der Waals surface area contributed by atoms with E-state index in [1.165, 1.54) is 57.1 Å². The maximum atomic E-state index is 11.7. The third kappa shape index (κ3) is 13.7. The number of carbonyl (C=O) groups is 2. The molecule has 0 amide bonds. The molecule has 1 rings (SSSR count). The predicted molar refractivity (Wildman–Crippen MR) is 120 cm³/mol. The van der Waals surface area contributed by atoms with Gasteiger partial charge in [-0.05, 0) is 33.6 Å². The number of hydrogen-bond acceptors (Lipinski definition) is 6. The average molecular weight is 440 g/mol. The Kier molecular flexibility index (Phi) is 12.8. The zero-order valence-corrected chi connectivity index (χ0v) is 19.5. The summed E-state index contributed by atoms with van der Waals surface area (Å²) in [5.74, 6) is -1.16. The van der Waals surface area contributed by atoms with E-state index in [9.17, 15) is 19.8 Å². The minimum atomic E-state index is -0.465.